The molecule has 0 aromatic carbocycles. The van der Waals surface area contributed by atoms with Gasteiger partial charge in [0, 0.05) is 32.2 Å². The average molecular weight is 290 g/mol. The first kappa shape index (κ1) is 11.4. The standard InChI is InChI=1S/C10H16BrN3S/c1-8(2)13-3-5-14(6-4-13)9-7-12-10(11)15-9/h7-8H,3-6H2,1-2H3. The van der Waals surface area contributed by atoms with Crippen molar-refractivity contribution in [2.75, 3.05) is 31.1 Å². The highest BCUT2D eigenvalue weighted by Crippen LogP contribution is 2.27. The highest BCUT2D eigenvalue weighted by atomic mass is 79.9. The van der Waals surface area contributed by atoms with Gasteiger partial charge < -0.3 is 4.90 Å². The van der Waals surface area contributed by atoms with Crippen molar-refractivity contribution < 1.29 is 0 Å². The van der Waals surface area contributed by atoms with E-state index in [9.17, 15) is 0 Å². The van der Waals surface area contributed by atoms with E-state index in [4.69, 9.17) is 0 Å². The molecule has 0 unspecified atom stereocenters. The minimum absolute atomic E-state index is 0.667. The Labute approximate surface area is 103 Å². The van der Waals surface area contributed by atoms with Gasteiger partial charge in [0.1, 0.15) is 5.00 Å². The van der Waals surface area contributed by atoms with Crippen LogP contribution >= 0.6 is 27.3 Å². The molecule has 5 heteroatoms. The lowest BCUT2D eigenvalue weighted by atomic mass is 10.2. The summed E-state index contributed by atoms with van der Waals surface area (Å²) in [5.41, 5.74) is 0. The summed E-state index contributed by atoms with van der Waals surface area (Å²) < 4.78 is 0.976. The van der Waals surface area contributed by atoms with Gasteiger partial charge in [-0.3, -0.25) is 4.90 Å². The molecule has 1 fully saturated rings. The Bertz CT molecular complexity index is 318. The molecule has 0 radical (unpaired) electrons. The molecule has 1 aliphatic rings. The number of hydrogen-bond donors (Lipinski definition) is 0. The van der Waals surface area contributed by atoms with Crippen molar-refractivity contribution in [2.24, 2.45) is 0 Å². The minimum Gasteiger partial charge on any atom is -0.360 e. The first-order chi connectivity index (χ1) is 7.16. The lowest BCUT2D eigenvalue weighted by molar-refractivity contribution is 0.209. The van der Waals surface area contributed by atoms with Gasteiger partial charge in [0.25, 0.3) is 0 Å². The molecule has 1 aromatic rings. The van der Waals surface area contributed by atoms with E-state index in [0.29, 0.717) is 6.04 Å². The summed E-state index contributed by atoms with van der Waals surface area (Å²) in [5, 5.41) is 1.28. The van der Waals surface area contributed by atoms with Crippen LogP contribution in [0.1, 0.15) is 13.8 Å². The molecule has 0 bridgehead atoms. The molecule has 84 valence electrons. The summed E-state index contributed by atoms with van der Waals surface area (Å²) in [7, 11) is 0. The number of halogens is 1. The van der Waals surface area contributed by atoms with Crippen molar-refractivity contribution in [2.45, 2.75) is 19.9 Å². The fraction of sp³-hybridized carbons (Fsp3) is 0.700. The maximum Gasteiger partial charge on any atom is 0.161 e. The largest absolute Gasteiger partial charge is 0.360 e. The van der Waals surface area contributed by atoms with E-state index in [0.717, 1.165) is 30.1 Å². The second kappa shape index (κ2) is 4.80. The number of piperazine rings is 1. The smallest absolute Gasteiger partial charge is 0.161 e. The molecule has 0 spiro atoms. The number of aromatic nitrogens is 1. The predicted octanol–water partition coefficient (Wildman–Crippen LogP) is 2.44. The van der Waals surface area contributed by atoms with Gasteiger partial charge in [-0.2, -0.15) is 0 Å². The van der Waals surface area contributed by atoms with E-state index in [1.54, 1.807) is 11.3 Å². The highest BCUT2D eigenvalue weighted by molar-refractivity contribution is 9.11. The van der Waals surface area contributed by atoms with Crippen LogP contribution in [0.4, 0.5) is 5.00 Å². The van der Waals surface area contributed by atoms with E-state index in [2.05, 4.69) is 44.6 Å². The number of nitrogens with zero attached hydrogens (tertiary/aromatic N) is 3. The van der Waals surface area contributed by atoms with Crippen LogP contribution in [0.15, 0.2) is 10.1 Å². The summed E-state index contributed by atoms with van der Waals surface area (Å²) in [6.45, 7) is 9.08. The van der Waals surface area contributed by atoms with Crippen LogP contribution in [0.2, 0.25) is 0 Å². The first-order valence-corrected chi connectivity index (χ1v) is 6.88. The predicted molar refractivity (Wildman–Crippen MR) is 68.7 cm³/mol. The number of hydrogen-bond acceptors (Lipinski definition) is 4. The second-order valence-electron chi connectivity index (χ2n) is 4.07. The molecule has 0 aliphatic carbocycles. The normalized spacial score (nSPS) is 18.8. The molecule has 1 aliphatic heterocycles. The molecule has 1 aromatic heterocycles. The Kier molecular flexibility index (Phi) is 3.64. The van der Waals surface area contributed by atoms with E-state index in [-0.39, 0.29) is 0 Å². The van der Waals surface area contributed by atoms with Crippen LogP contribution in [-0.2, 0) is 0 Å². The van der Waals surface area contributed by atoms with Crippen molar-refractivity contribution >= 4 is 32.3 Å². The monoisotopic (exact) mass is 289 g/mol. The molecule has 2 heterocycles. The van der Waals surface area contributed by atoms with E-state index < -0.39 is 0 Å². The molecule has 0 saturated carbocycles. The van der Waals surface area contributed by atoms with Gasteiger partial charge in [0.15, 0.2) is 3.92 Å². The van der Waals surface area contributed by atoms with Gasteiger partial charge in [-0.25, -0.2) is 4.98 Å². The van der Waals surface area contributed by atoms with Gasteiger partial charge in [-0.15, -0.1) is 0 Å². The van der Waals surface area contributed by atoms with Crippen LogP contribution in [0.3, 0.4) is 0 Å². The topological polar surface area (TPSA) is 19.4 Å². The Balaban J connectivity index is 1.93. The third-order valence-corrected chi connectivity index (χ3v) is 4.36. The third kappa shape index (κ3) is 2.71. The van der Waals surface area contributed by atoms with E-state index >= 15 is 0 Å². The van der Waals surface area contributed by atoms with Crippen LogP contribution in [-0.4, -0.2) is 42.1 Å². The van der Waals surface area contributed by atoms with Crippen molar-refractivity contribution in [3.8, 4) is 0 Å². The summed E-state index contributed by atoms with van der Waals surface area (Å²) in [6, 6.07) is 0.667. The highest BCUT2D eigenvalue weighted by Gasteiger charge is 2.19. The second-order valence-corrected chi connectivity index (χ2v) is 6.35. The maximum absolute atomic E-state index is 4.23. The molecule has 15 heavy (non-hydrogen) atoms. The fourth-order valence-electron chi connectivity index (χ4n) is 1.85. The lowest BCUT2D eigenvalue weighted by Gasteiger charge is -2.37. The Morgan fingerprint density at radius 3 is 2.47 bits per heavy atom. The molecule has 0 N–H and O–H groups in total. The average Bonchev–Trinajstić information content (AvgIpc) is 2.65. The quantitative estimate of drug-likeness (QED) is 0.834. The van der Waals surface area contributed by atoms with Crippen molar-refractivity contribution in [1.29, 1.82) is 0 Å². The van der Waals surface area contributed by atoms with Crippen LogP contribution in [0.5, 0.6) is 0 Å². The molecule has 0 atom stereocenters. The Hall–Kier alpha value is -0.130. The maximum atomic E-state index is 4.23. The molecular formula is C10H16BrN3S. The van der Waals surface area contributed by atoms with Gasteiger partial charge in [-0.1, -0.05) is 11.3 Å². The molecule has 2 rings (SSSR count). The molecule has 1 saturated heterocycles. The van der Waals surface area contributed by atoms with Crippen LogP contribution in [0, 0.1) is 0 Å². The summed E-state index contributed by atoms with van der Waals surface area (Å²) in [4.78, 5) is 9.16. The lowest BCUT2D eigenvalue weighted by Crippen LogP contribution is -2.48. The molecular weight excluding hydrogens is 274 g/mol. The van der Waals surface area contributed by atoms with Crippen LogP contribution < -0.4 is 4.90 Å². The number of rotatable bonds is 2. The number of thiazole rings is 1. The summed E-state index contributed by atoms with van der Waals surface area (Å²) in [6.07, 6.45) is 1.96. The van der Waals surface area contributed by atoms with Crippen molar-refractivity contribution in [3.63, 3.8) is 0 Å². The SMILES string of the molecule is CC(C)N1CCN(c2cnc(Br)s2)CC1. The molecule has 3 nitrogen and oxygen atoms in total. The van der Waals surface area contributed by atoms with Gasteiger partial charge >= 0.3 is 0 Å². The first-order valence-electron chi connectivity index (χ1n) is 5.27. The summed E-state index contributed by atoms with van der Waals surface area (Å²) in [5.74, 6) is 0. The third-order valence-electron chi connectivity index (χ3n) is 2.82. The summed E-state index contributed by atoms with van der Waals surface area (Å²) >= 11 is 5.12. The Morgan fingerprint density at radius 1 is 1.33 bits per heavy atom. The minimum atomic E-state index is 0.667. The zero-order valence-corrected chi connectivity index (χ0v) is 11.5. The van der Waals surface area contributed by atoms with Crippen molar-refractivity contribution in [3.05, 3.63) is 10.1 Å². The number of anilines is 1. The molecule has 0 amide bonds. The van der Waals surface area contributed by atoms with Gasteiger partial charge in [-0.05, 0) is 29.8 Å². The fourth-order valence-corrected chi connectivity index (χ4v) is 3.14. The zero-order valence-electron chi connectivity index (χ0n) is 9.11. The van der Waals surface area contributed by atoms with E-state index in [1.165, 1.54) is 5.00 Å². The van der Waals surface area contributed by atoms with Crippen LogP contribution in [0.25, 0.3) is 0 Å². The van der Waals surface area contributed by atoms with E-state index in [1.807, 2.05) is 6.20 Å². The van der Waals surface area contributed by atoms with Gasteiger partial charge in [0.2, 0.25) is 0 Å². The Morgan fingerprint density at radius 2 is 2.00 bits per heavy atom. The zero-order chi connectivity index (χ0) is 10.8. The van der Waals surface area contributed by atoms with Gasteiger partial charge in [0.05, 0.1) is 6.20 Å². The van der Waals surface area contributed by atoms with Crippen molar-refractivity contribution in [1.82, 2.24) is 9.88 Å².